The van der Waals surface area contributed by atoms with Crippen LogP contribution in [0, 0.1) is 6.92 Å². The van der Waals surface area contributed by atoms with Gasteiger partial charge in [0.05, 0.1) is 0 Å². The van der Waals surface area contributed by atoms with E-state index in [-0.39, 0.29) is 17.7 Å². The number of nitrogens with one attached hydrogen (secondary N) is 1. The second kappa shape index (κ2) is 6.06. The molecule has 4 nitrogen and oxygen atoms in total. The molecule has 1 aromatic rings. The van der Waals surface area contributed by atoms with Crippen LogP contribution in [0.25, 0.3) is 0 Å². The average molecular weight is 262 g/mol. The SMILES string of the molecule is CNCC1CCCCN1C(=O)c1ccc(O)cc1C. The highest BCUT2D eigenvalue weighted by Crippen LogP contribution is 2.22. The average Bonchev–Trinajstić information content (AvgIpc) is 2.39. The summed E-state index contributed by atoms with van der Waals surface area (Å²) in [6.45, 7) is 3.53. The second-order valence-corrected chi connectivity index (χ2v) is 5.21. The van der Waals surface area contributed by atoms with Gasteiger partial charge in [0.2, 0.25) is 0 Å². The minimum absolute atomic E-state index is 0.0810. The highest BCUT2D eigenvalue weighted by atomic mass is 16.3. The maximum absolute atomic E-state index is 12.6. The summed E-state index contributed by atoms with van der Waals surface area (Å²) in [7, 11) is 1.92. The third kappa shape index (κ3) is 3.07. The summed E-state index contributed by atoms with van der Waals surface area (Å²) in [6, 6.07) is 5.22. The van der Waals surface area contributed by atoms with E-state index in [9.17, 15) is 9.90 Å². The Morgan fingerprint density at radius 2 is 2.26 bits per heavy atom. The molecule has 1 heterocycles. The molecule has 1 atom stereocenters. The Hall–Kier alpha value is -1.55. The van der Waals surface area contributed by atoms with Crippen LogP contribution in [0.5, 0.6) is 5.75 Å². The van der Waals surface area contributed by atoms with Gasteiger partial charge >= 0.3 is 0 Å². The first-order valence-corrected chi connectivity index (χ1v) is 6.88. The van der Waals surface area contributed by atoms with E-state index in [1.807, 2.05) is 18.9 Å². The minimum atomic E-state index is 0.0810. The molecule has 1 unspecified atom stereocenters. The van der Waals surface area contributed by atoms with Crippen LogP contribution in [-0.4, -0.2) is 42.1 Å². The van der Waals surface area contributed by atoms with Crippen LogP contribution < -0.4 is 5.32 Å². The van der Waals surface area contributed by atoms with Gasteiger partial charge in [0.25, 0.3) is 5.91 Å². The summed E-state index contributed by atoms with van der Waals surface area (Å²) < 4.78 is 0. The van der Waals surface area contributed by atoms with Gasteiger partial charge in [-0.15, -0.1) is 0 Å². The topological polar surface area (TPSA) is 52.6 Å². The fourth-order valence-corrected chi connectivity index (χ4v) is 2.76. The van der Waals surface area contributed by atoms with Crippen molar-refractivity contribution in [2.24, 2.45) is 0 Å². The minimum Gasteiger partial charge on any atom is -0.508 e. The number of likely N-dealkylation sites (N-methyl/N-ethyl adjacent to an activating group) is 1. The van der Waals surface area contributed by atoms with E-state index in [1.165, 1.54) is 6.42 Å². The molecule has 0 bridgehead atoms. The van der Waals surface area contributed by atoms with Crippen LogP contribution in [0.2, 0.25) is 0 Å². The first-order chi connectivity index (χ1) is 9.13. The Bertz CT molecular complexity index is 457. The highest BCUT2D eigenvalue weighted by molar-refractivity contribution is 5.96. The lowest BCUT2D eigenvalue weighted by atomic mass is 9.99. The van der Waals surface area contributed by atoms with Crippen molar-refractivity contribution in [3.63, 3.8) is 0 Å². The number of piperidine rings is 1. The van der Waals surface area contributed by atoms with Gasteiger partial charge in [-0.05, 0) is 57.0 Å². The van der Waals surface area contributed by atoms with Gasteiger partial charge in [-0.25, -0.2) is 0 Å². The van der Waals surface area contributed by atoms with E-state index in [4.69, 9.17) is 0 Å². The van der Waals surface area contributed by atoms with Gasteiger partial charge in [-0.2, -0.15) is 0 Å². The van der Waals surface area contributed by atoms with E-state index in [0.717, 1.165) is 31.5 Å². The number of likely N-dealkylation sites (tertiary alicyclic amines) is 1. The number of rotatable bonds is 3. The van der Waals surface area contributed by atoms with Crippen LogP contribution in [0.3, 0.4) is 0 Å². The largest absolute Gasteiger partial charge is 0.508 e. The Morgan fingerprint density at radius 3 is 2.95 bits per heavy atom. The van der Waals surface area contributed by atoms with Crippen LogP contribution in [0.4, 0.5) is 0 Å². The van der Waals surface area contributed by atoms with Crippen molar-refractivity contribution >= 4 is 5.91 Å². The van der Waals surface area contributed by atoms with E-state index >= 15 is 0 Å². The van der Waals surface area contributed by atoms with Crippen LogP contribution in [-0.2, 0) is 0 Å². The number of phenols is 1. The Morgan fingerprint density at radius 1 is 1.47 bits per heavy atom. The van der Waals surface area contributed by atoms with Gasteiger partial charge in [0.1, 0.15) is 5.75 Å². The fourth-order valence-electron chi connectivity index (χ4n) is 2.76. The summed E-state index contributed by atoms with van der Waals surface area (Å²) in [4.78, 5) is 14.6. The molecule has 4 heteroatoms. The molecule has 19 heavy (non-hydrogen) atoms. The zero-order chi connectivity index (χ0) is 13.8. The molecule has 2 N–H and O–H groups in total. The maximum atomic E-state index is 12.6. The number of carbonyl (C=O) groups excluding carboxylic acids is 1. The van der Waals surface area contributed by atoms with E-state index in [2.05, 4.69) is 5.32 Å². The van der Waals surface area contributed by atoms with Gasteiger partial charge in [-0.3, -0.25) is 4.79 Å². The predicted octanol–water partition coefficient (Wildman–Crippen LogP) is 1.91. The Labute approximate surface area is 114 Å². The third-order valence-corrected chi connectivity index (χ3v) is 3.77. The molecule has 0 spiro atoms. The molecule has 0 radical (unpaired) electrons. The maximum Gasteiger partial charge on any atom is 0.254 e. The number of carbonyl (C=O) groups is 1. The van der Waals surface area contributed by atoms with Gasteiger partial charge < -0.3 is 15.3 Å². The number of benzene rings is 1. The fraction of sp³-hybridized carbons (Fsp3) is 0.533. The van der Waals surface area contributed by atoms with Crippen molar-refractivity contribution < 1.29 is 9.90 Å². The van der Waals surface area contributed by atoms with Crippen molar-refractivity contribution in [1.82, 2.24) is 10.2 Å². The smallest absolute Gasteiger partial charge is 0.254 e. The number of aromatic hydroxyl groups is 1. The highest BCUT2D eigenvalue weighted by Gasteiger charge is 2.27. The zero-order valence-electron chi connectivity index (χ0n) is 11.6. The van der Waals surface area contributed by atoms with Gasteiger partial charge in [0.15, 0.2) is 0 Å². The van der Waals surface area contributed by atoms with Gasteiger partial charge in [-0.1, -0.05) is 0 Å². The molecule has 1 amide bonds. The summed E-state index contributed by atoms with van der Waals surface area (Å²) in [5.74, 6) is 0.289. The molecule has 1 saturated heterocycles. The molecule has 0 aromatic heterocycles. The number of phenolic OH excluding ortho intramolecular Hbond substituents is 1. The number of aryl methyl sites for hydroxylation is 1. The summed E-state index contributed by atoms with van der Waals surface area (Å²) in [6.07, 6.45) is 3.32. The molecule has 1 fully saturated rings. The molecule has 2 rings (SSSR count). The molecule has 104 valence electrons. The zero-order valence-corrected chi connectivity index (χ0v) is 11.6. The quantitative estimate of drug-likeness (QED) is 0.875. The molecule has 0 aliphatic carbocycles. The first-order valence-electron chi connectivity index (χ1n) is 6.88. The van der Waals surface area contributed by atoms with Crippen molar-refractivity contribution in [3.8, 4) is 5.75 Å². The lowest BCUT2D eigenvalue weighted by molar-refractivity contribution is 0.0614. The van der Waals surface area contributed by atoms with Crippen molar-refractivity contribution in [2.75, 3.05) is 20.1 Å². The lowest BCUT2D eigenvalue weighted by Gasteiger charge is -2.36. The summed E-state index contributed by atoms with van der Waals surface area (Å²) >= 11 is 0. The van der Waals surface area contributed by atoms with E-state index in [0.29, 0.717) is 5.56 Å². The molecule has 1 aliphatic rings. The number of amides is 1. The first kappa shape index (κ1) is 13.9. The number of nitrogens with zero attached hydrogens (tertiary/aromatic N) is 1. The predicted molar refractivity (Wildman–Crippen MR) is 75.4 cm³/mol. The lowest BCUT2D eigenvalue weighted by Crippen LogP contribution is -2.48. The molecular formula is C15H22N2O2. The number of hydrogen-bond donors (Lipinski definition) is 2. The van der Waals surface area contributed by atoms with E-state index < -0.39 is 0 Å². The Balaban J connectivity index is 2.21. The van der Waals surface area contributed by atoms with Crippen LogP contribution in [0.15, 0.2) is 18.2 Å². The standard InChI is InChI=1S/C15H22N2O2/c1-11-9-13(18)6-7-14(11)15(19)17-8-4-3-5-12(17)10-16-2/h6-7,9,12,16,18H,3-5,8,10H2,1-2H3. The molecular weight excluding hydrogens is 240 g/mol. The second-order valence-electron chi connectivity index (χ2n) is 5.21. The van der Waals surface area contributed by atoms with Crippen molar-refractivity contribution in [3.05, 3.63) is 29.3 Å². The molecule has 0 saturated carbocycles. The van der Waals surface area contributed by atoms with E-state index in [1.54, 1.807) is 18.2 Å². The Kier molecular flexibility index (Phi) is 4.43. The normalized spacial score (nSPS) is 19.5. The van der Waals surface area contributed by atoms with Gasteiger partial charge in [0, 0.05) is 24.7 Å². The number of hydrogen-bond acceptors (Lipinski definition) is 3. The van der Waals surface area contributed by atoms with Crippen LogP contribution in [0.1, 0.15) is 35.2 Å². The summed E-state index contributed by atoms with van der Waals surface area (Å²) in [5, 5.41) is 12.6. The molecule has 1 aliphatic heterocycles. The monoisotopic (exact) mass is 262 g/mol. The summed E-state index contributed by atoms with van der Waals surface area (Å²) in [5.41, 5.74) is 1.53. The third-order valence-electron chi connectivity index (χ3n) is 3.77. The van der Waals surface area contributed by atoms with Crippen molar-refractivity contribution in [2.45, 2.75) is 32.2 Å². The van der Waals surface area contributed by atoms with Crippen molar-refractivity contribution in [1.29, 1.82) is 0 Å². The van der Waals surface area contributed by atoms with Crippen LogP contribution >= 0.6 is 0 Å². The molecule has 1 aromatic carbocycles.